The van der Waals surface area contributed by atoms with Crippen LogP contribution in [0.5, 0.6) is 0 Å². The van der Waals surface area contributed by atoms with Crippen molar-refractivity contribution < 1.29 is 13.9 Å². The Hall–Kier alpha value is -4.27. The van der Waals surface area contributed by atoms with E-state index in [1.54, 1.807) is 17.6 Å². The molecule has 43 heavy (non-hydrogen) atoms. The molecule has 0 unspecified atom stereocenters. The largest absolute Gasteiger partial charge is 0.463 e. The van der Waals surface area contributed by atoms with Crippen LogP contribution in [0.25, 0.3) is 23.1 Å². The van der Waals surface area contributed by atoms with Crippen LogP contribution in [0.4, 0.5) is 0 Å². The first kappa shape index (κ1) is 28.8. The van der Waals surface area contributed by atoms with Crippen LogP contribution in [0.2, 0.25) is 0 Å². The number of furan rings is 1. The maximum Gasteiger partial charge on any atom is 0.338 e. The second-order valence-electron chi connectivity index (χ2n) is 10.5. The Labute approximate surface area is 261 Å². The van der Waals surface area contributed by atoms with Crippen LogP contribution >= 0.6 is 27.3 Å². The number of thiazole rings is 1. The van der Waals surface area contributed by atoms with Gasteiger partial charge in [0.05, 0.1) is 28.5 Å². The van der Waals surface area contributed by atoms with Crippen molar-refractivity contribution in [2.75, 3.05) is 6.61 Å². The second-order valence-corrected chi connectivity index (χ2v) is 12.4. The first-order chi connectivity index (χ1) is 20.8. The number of rotatable bonds is 7. The summed E-state index contributed by atoms with van der Waals surface area (Å²) in [5.74, 6) is 1.08. The molecule has 0 amide bonds. The zero-order chi connectivity index (χ0) is 30.1. The summed E-state index contributed by atoms with van der Waals surface area (Å²) < 4.78 is 14.7. The topological polar surface area (TPSA) is 73.8 Å². The van der Waals surface area contributed by atoms with Crippen molar-refractivity contribution in [3.8, 4) is 11.3 Å². The molecule has 1 atom stereocenters. The van der Waals surface area contributed by atoms with E-state index in [9.17, 15) is 9.59 Å². The standard InChI is InChI=1S/C35H29BrN2O4S/c1-4-41-34(40)30-31(23-9-6-5-7-10-23)37-35-38(32(30)24-15-13-22(14-16-24)21(2)3)33(39)29(43-35)20-27-17-18-28(42-27)25-11-8-12-26(36)19-25/h5-21,32H,4H2,1-3H3/b29-20-/t32-/m0/s1. The van der Waals surface area contributed by atoms with E-state index in [1.165, 1.54) is 16.9 Å². The van der Waals surface area contributed by atoms with Gasteiger partial charge in [-0.25, -0.2) is 9.79 Å². The average molecular weight is 654 g/mol. The first-order valence-corrected chi connectivity index (χ1v) is 15.7. The molecule has 1 aliphatic rings. The first-order valence-electron chi connectivity index (χ1n) is 14.1. The van der Waals surface area contributed by atoms with E-state index in [0.717, 1.165) is 21.2 Å². The van der Waals surface area contributed by atoms with Gasteiger partial charge in [-0.05, 0) is 48.2 Å². The number of ether oxygens (including phenoxy) is 1. The summed E-state index contributed by atoms with van der Waals surface area (Å²) in [7, 11) is 0. The number of carbonyl (C=O) groups is 1. The van der Waals surface area contributed by atoms with Gasteiger partial charge < -0.3 is 9.15 Å². The maximum atomic E-state index is 14.1. The lowest BCUT2D eigenvalue weighted by molar-refractivity contribution is -0.138. The van der Waals surface area contributed by atoms with E-state index >= 15 is 0 Å². The Morgan fingerprint density at radius 1 is 1.02 bits per heavy atom. The summed E-state index contributed by atoms with van der Waals surface area (Å²) in [5, 5.41) is 0. The Kier molecular flexibility index (Phi) is 8.15. The van der Waals surface area contributed by atoms with Gasteiger partial charge in [-0.3, -0.25) is 9.36 Å². The fraction of sp³-hybridized carbons (Fsp3) is 0.171. The molecule has 0 aliphatic carbocycles. The van der Waals surface area contributed by atoms with Crippen molar-refractivity contribution in [2.24, 2.45) is 4.99 Å². The number of halogens is 1. The number of nitrogens with zero attached hydrogens (tertiary/aromatic N) is 2. The molecule has 6 nitrogen and oxygen atoms in total. The monoisotopic (exact) mass is 652 g/mol. The summed E-state index contributed by atoms with van der Waals surface area (Å²) in [6, 6.07) is 28.5. The molecule has 6 rings (SSSR count). The van der Waals surface area contributed by atoms with Crippen LogP contribution in [-0.4, -0.2) is 17.1 Å². The van der Waals surface area contributed by atoms with E-state index in [1.807, 2.05) is 91.0 Å². The lowest BCUT2D eigenvalue weighted by Crippen LogP contribution is -2.40. The lowest BCUT2D eigenvalue weighted by Gasteiger charge is -2.26. The third kappa shape index (κ3) is 5.72. The zero-order valence-electron chi connectivity index (χ0n) is 23.9. The molecule has 216 valence electrons. The van der Waals surface area contributed by atoms with Crippen LogP contribution in [0.15, 0.2) is 115 Å². The van der Waals surface area contributed by atoms with Crippen LogP contribution in [0.3, 0.4) is 0 Å². The highest BCUT2D eigenvalue weighted by molar-refractivity contribution is 9.10. The van der Waals surface area contributed by atoms with Crippen molar-refractivity contribution in [2.45, 2.75) is 32.7 Å². The maximum absolute atomic E-state index is 14.1. The second kappa shape index (κ2) is 12.1. The number of hydrogen-bond donors (Lipinski definition) is 0. The van der Waals surface area contributed by atoms with Crippen molar-refractivity contribution >= 4 is 45.0 Å². The summed E-state index contributed by atoms with van der Waals surface area (Å²) in [6.45, 7) is 6.24. The molecule has 0 radical (unpaired) electrons. The Morgan fingerprint density at radius 3 is 2.47 bits per heavy atom. The highest BCUT2D eigenvalue weighted by Gasteiger charge is 2.35. The average Bonchev–Trinajstić information content (AvgIpc) is 3.61. The predicted molar refractivity (Wildman–Crippen MR) is 173 cm³/mol. The van der Waals surface area contributed by atoms with Gasteiger partial charge in [-0.2, -0.15) is 0 Å². The number of hydrogen-bond acceptors (Lipinski definition) is 6. The fourth-order valence-electron chi connectivity index (χ4n) is 5.18. The molecule has 3 aromatic carbocycles. The van der Waals surface area contributed by atoms with E-state index < -0.39 is 12.0 Å². The normalized spacial score (nSPS) is 15.0. The number of fused-ring (bicyclic) bond motifs is 1. The molecule has 2 aromatic heterocycles. The Balaban J connectivity index is 1.56. The number of aromatic nitrogens is 1. The van der Waals surface area contributed by atoms with Crippen molar-refractivity contribution in [1.29, 1.82) is 0 Å². The van der Waals surface area contributed by atoms with Gasteiger partial charge in [0.15, 0.2) is 4.80 Å². The quantitative estimate of drug-likeness (QED) is 0.176. The van der Waals surface area contributed by atoms with Gasteiger partial charge in [-0.15, -0.1) is 0 Å². The molecule has 0 N–H and O–H groups in total. The van der Waals surface area contributed by atoms with Gasteiger partial charge in [0.1, 0.15) is 11.5 Å². The lowest BCUT2D eigenvalue weighted by atomic mass is 9.91. The molecule has 3 heterocycles. The summed E-state index contributed by atoms with van der Waals surface area (Å²) in [5.41, 5.74) is 4.25. The zero-order valence-corrected chi connectivity index (χ0v) is 26.3. The van der Waals surface area contributed by atoms with Crippen LogP contribution < -0.4 is 14.9 Å². The number of benzene rings is 3. The minimum atomic E-state index is -0.720. The molecule has 5 aromatic rings. The van der Waals surface area contributed by atoms with Crippen LogP contribution in [0, 0.1) is 0 Å². The molecule has 0 saturated heterocycles. The molecular weight excluding hydrogens is 624 g/mol. The third-order valence-corrected chi connectivity index (χ3v) is 8.78. The SMILES string of the molecule is CCOC(=O)C1=C(c2ccccc2)N=c2s/c(=C\c3ccc(-c4cccc(Br)c4)o3)c(=O)n2[C@H]1c1ccc(C(C)C)cc1. The van der Waals surface area contributed by atoms with Crippen LogP contribution in [0.1, 0.15) is 55.2 Å². The summed E-state index contributed by atoms with van der Waals surface area (Å²) in [6.07, 6.45) is 1.74. The fourth-order valence-corrected chi connectivity index (χ4v) is 6.56. The Morgan fingerprint density at radius 2 is 1.77 bits per heavy atom. The predicted octanol–water partition coefficient (Wildman–Crippen LogP) is 7.08. The molecule has 0 saturated carbocycles. The van der Waals surface area contributed by atoms with Gasteiger partial charge in [0.25, 0.3) is 5.56 Å². The minimum Gasteiger partial charge on any atom is -0.463 e. The molecular formula is C35H29BrN2O4S. The third-order valence-electron chi connectivity index (χ3n) is 7.30. The molecule has 0 bridgehead atoms. The van der Waals surface area contributed by atoms with Crippen molar-refractivity contribution in [1.82, 2.24) is 4.57 Å². The van der Waals surface area contributed by atoms with Gasteiger partial charge >= 0.3 is 5.97 Å². The smallest absolute Gasteiger partial charge is 0.338 e. The summed E-state index contributed by atoms with van der Waals surface area (Å²) in [4.78, 5) is 33.2. The summed E-state index contributed by atoms with van der Waals surface area (Å²) >= 11 is 4.78. The number of esters is 1. The number of carbonyl (C=O) groups excluding carboxylic acids is 1. The van der Waals surface area contributed by atoms with Gasteiger partial charge in [-0.1, -0.05) is 108 Å². The van der Waals surface area contributed by atoms with Gasteiger partial charge in [0.2, 0.25) is 0 Å². The van der Waals surface area contributed by atoms with E-state index in [2.05, 4.69) is 29.8 Å². The molecule has 8 heteroatoms. The van der Waals surface area contributed by atoms with E-state index in [4.69, 9.17) is 14.1 Å². The minimum absolute atomic E-state index is 0.201. The van der Waals surface area contributed by atoms with Crippen molar-refractivity contribution in [3.63, 3.8) is 0 Å². The van der Waals surface area contributed by atoms with Crippen LogP contribution in [-0.2, 0) is 9.53 Å². The molecule has 0 fully saturated rings. The highest BCUT2D eigenvalue weighted by Crippen LogP contribution is 2.35. The van der Waals surface area contributed by atoms with E-state index in [-0.39, 0.29) is 12.2 Å². The Bertz CT molecular complexity index is 2020. The highest BCUT2D eigenvalue weighted by atomic mass is 79.9. The van der Waals surface area contributed by atoms with Gasteiger partial charge in [0, 0.05) is 21.7 Å². The van der Waals surface area contributed by atoms with E-state index in [0.29, 0.717) is 38.0 Å². The van der Waals surface area contributed by atoms with Crippen molar-refractivity contribution in [3.05, 3.63) is 143 Å². The molecule has 0 spiro atoms. The molecule has 1 aliphatic heterocycles.